The number of halogens is 5. The molecule has 5 heteroatoms. The van der Waals surface area contributed by atoms with Crippen LogP contribution in [0, 0.1) is 0 Å². The number of hydrogen-bond acceptors (Lipinski definition) is 0. The summed E-state index contributed by atoms with van der Waals surface area (Å²) in [6.45, 7) is 0. The molecule has 0 unspecified atom stereocenters. The van der Waals surface area contributed by atoms with Crippen LogP contribution in [0.25, 0.3) is 11.1 Å². The van der Waals surface area contributed by atoms with Crippen molar-refractivity contribution in [2.24, 2.45) is 0 Å². The molecule has 1 aliphatic rings. The quantitative estimate of drug-likeness (QED) is 0.446. The molecule has 1 aliphatic carbocycles. The molecule has 0 saturated carbocycles. The van der Waals surface area contributed by atoms with Crippen molar-refractivity contribution in [3.63, 3.8) is 0 Å². The van der Waals surface area contributed by atoms with Crippen LogP contribution in [0.3, 0.4) is 0 Å². The first-order valence-corrected chi connectivity index (χ1v) is 7.86. The topological polar surface area (TPSA) is 0 Å². The van der Waals surface area contributed by atoms with E-state index in [1.54, 1.807) is 0 Å². The highest BCUT2D eigenvalue weighted by atomic mass is 35.6. The molecule has 0 fully saturated rings. The van der Waals surface area contributed by atoms with E-state index in [0.717, 1.165) is 12.0 Å². The second kappa shape index (κ2) is 4.97. The highest BCUT2D eigenvalue weighted by Gasteiger charge is 2.47. The summed E-state index contributed by atoms with van der Waals surface area (Å²) in [7, 11) is 0. The van der Waals surface area contributed by atoms with E-state index in [0.29, 0.717) is 5.56 Å². The molecule has 104 valence electrons. The Bertz CT molecular complexity index is 670. The molecule has 0 N–H and O–H groups in total. The van der Waals surface area contributed by atoms with Crippen molar-refractivity contribution in [3.05, 3.63) is 59.2 Å². The smallest absolute Gasteiger partial charge is 0.0915 e. The summed E-state index contributed by atoms with van der Waals surface area (Å²) in [6.07, 6.45) is 0.836. The molecular weight excluding hydrogens is 357 g/mol. The number of fused-ring (bicyclic) bond motifs is 3. The van der Waals surface area contributed by atoms with Crippen LogP contribution in [0.2, 0.25) is 0 Å². The Morgan fingerprint density at radius 1 is 0.750 bits per heavy atom. The zero-order valence-corrected chi connectivity index (χ0v) is 13.9. The third-order valence-electron chi connectivity index (χ3n) is 3.51. The van der Waals surface area contributed by atoms with Gasteiger partial charge in [-0.1, -0.05) is 100 Å². The maximum absolute atomic E-state index is 6.22. The van der Waals surface area contributed by atoms with Gasteiger partial charge in [0.1, 0.15) is 0 Å². The van der Waals surface area contributed by atoms with Gasteiger partial charge in [0.2, 0.25) is 3.79 Å². The molecule has 0 nitrogen and oxygen atoms in total. The van der Waals surface area contributed by atoms with E-state index < -0.39 is 8.13 Å². The lowest BCUT2D eigenvalue weighted by Gasteiger charge is -2.28. The summed E-state index contributed by atoms with van der Waals surface area (Å²) in [4.78, 5) is 0. The molecule has 0 radical (unpaired) electrons. The summed E-state index contributed by atoms with van der Waals surface area (Å²) in [5.74, 6) is 0. The molecule has 20 heavy (non-hydrogen) atoms. The van der Waals surface area contributed by atoms with Crippen molar-refractivity contribution < 1.29 is 0 Å². The van der Waals surface area contributed by atoms with Gasteiger partial charge in [-0.25, -0.2) is 0 Å². The van der Waals surface area contributed by atoms with Crippen LogP contribution in [-0.2, 0) is 10.8 Å². The molecule has 2 aromatic rings. The van der Waals surface area contributed by atoms with Gasteiger partial charge in [-0.3, -0.25) is 0 Å². The first-order valence-electron chi connectivity index (χ1n) is 5.97. The van der Waals surface area contributed by atoms with E-state index in [2.05, 4.69) is 12.1 Å². The maximum atomic E-state index is 6.22. The molecule has 0 spiro atoms. The first kappa shape index (κ1) is 14.8. The van der Waals surface area contributed by atoms with Gasteiger partial charge in [-0.2, -0.15) is 0 Å². The van der Waals surface area contributed by atoms with E-state index in [4.69, 9.17) is 58.0 Å². The summed E-state index contributed by atoms with van der Waals surface area (Å²) < 4.78 is -3.38. The number of hydrogen-bond donors (Lipinski definition) is 0. The lowest BCUT2D eigenvalue weighted by molar-refractivity contribution is 0.875. The molecule has 0 bridgehead atoms. The zero-order chi connectivity index (χ0) is 14.5. The molecule has 3 rings (SSSR count). The van der Waals surface area contributed by atoms with Crippen LogP contribution < -0.4 is 0 Å². The Labute approximate surface area is 142 Å². The van der Waals surface area contributed by atoms with E-state index in [1.807, 2.05) is 30.3 Å². The Morgan fingerprint density at radius 3 is 2.10 bits per heavy atom. The van der Waals surface area contributed by atoms with E-state index in [-0.39, 0.29) is 0 Å². The number of alkyl halides is 5. The fourth-order valence-corrected chi connectivity index (χ4v) is 3.07. The lowest BCUT2D eigenvalue weighted by Crippen LogP contribution is -2.28. The van der Waals surface area contributed by atoms with Gasteiger partial charge in [0, 0.05) is 0 Å². The average Bonchev–Trinajstić information content (AvgIpc) is 2.74. The number of rotatable bonds is 1. The van der Waals surface area contributed by atoms with Crippen LogP contribution >= 0.6 is 58.0 Å². The largest absolute Gasteiger partial charge is 0.227 e. The molecule has 0 atom stereocenters. The first-order chi connectivity index (χ1) is 9.30. The Kier molecular flexibility index (Phi) is 3.68. The molecule has 0 heterocycles. The van der Waals surface area contributed by atoms with Gasteiger partial charge in [0.05, 0.1) is 0 Å². The average molecular weight is 367 g/mol. The minimum absolute atomic E-state index is 0.590. The molecule has 0 amide bonds. The Morgan fingerprint density at radius 2 is 1.40 bits per heavy atom. The van der Waals surface area contributed by atoms with Crippen LogP contribution in [0.15, 0.2) is 42.5 Å². The predicted molar refractivity (Wildman–Crippen MR) is 88.4 cm³/mol. The minimum Gasteiger partial charge on any atom is -0.0915 e. The Hall–Kier alpha value is -0.110. The normalized spacial score (nSPS) is 14.1. The third kappa shape index (κ3) is 2.32. The second-order valence-corrected chi connectivity index (χ2v) is 8.39. The molecule has 0 aromatic heterocycles. The van der Waals surface area contributed by atoms with Crippen LogP contribution in [0.5, 0.6) is 0 Å². The van der Waals surface area contributed by atoms with Crippen LogP contribution in [0.4, 0.5) is 0 Å². The summed E-state index contributed by atoms with van der Waals surface area (Å²) in [5.41, 5.74) is 5.43. The van der Waals surface area contributed by atoms with E-state index >= 15 is 0 Å². The van der Waals surface area contributed by atoms with Gasteiger partial charge in [-0.15, -0.1) is 0 Å². The maximum Gasteiger partial charge on any atom is 0.227 e. The highest BCUT2D eigenvalue weighted by Crippen LogP contribution is 2.53. The fraction of sp³-hybridized carbons (Fsp3) is 0.200. The standard InChI is InChI=1S/C15H9Cl5/c16-14(17,15(18,19)20)11-5-6-13-10(8-11)7-9-3-1-2-4-12(9)13/h1-6,8H,7H2. The zero-order valence-electron chi connectivity index (χ0n) is 10.1. The Balaban J connectivity index is 2.08. The summed E-state index contributed by atoms with van der Waals surface area (Å²) in [6, 6.07) is 14.0. The SMILES string of the molecule is ClC(Cl)(Cl)C(Cl)(Cl)c1ccc2c(c1)Cc1ccccc1-2. The van der Waals surface area contributed by atoms with Crippen molar-refractivity contribution in [1.82, 2.24) is 0 Å². The van der Waals surface area contributed by atoms with Crippen molar-refractivity contribution in [2.45, 2.75) is 14.5 Å². The van der Waals surface area contributed by atoms with Gasteiger partial charge in [-0.05, 0) is 34.2 Å². The summed E-state index contributed by atoms with van der Waals surface area (Å²) in [5, 5.41) is 0. The summed E-state index contributed by atoms with van der Waals surface area (Å²) >= 11 is 30.0. The fourth-order valence-electron chi connectivity index (χ4n) is 2.50. The molecular formula is C15H9Cl5. The molecule has 2 aromatic carbocycles. The number of benzene rings is 2. The van der Waals surface area contributed by atoms with Gasteiger partial charge in [0.25, 0.3) is 0 Å². The van der Waals surface area contributed by atoms with Crippen LogP contribution in [0.1, 0.15) is 16.7 Å². The van der Waals surface area contributed by atoms with E-state index in [1.165, 1.54) is 16.7 Å². The monoisotopic (exact) mass is 364 g/mol. The van der Waals surface area contributed by atoms with Gasteiger partial charge >= 0.3 is 0 Å². The molecule has 0 aliphatic heterocycles. The highest BCUT2D eigenvalue weighted by molar-refractivity contribution is 6.75. The molecule has 0 saturated heterocycles. The second-order valence-electron chi connectivity index (χ2n) is 4.78. The minimum atomic E-state index is -1.80. The van der Waals surface area contributed by atoms with Crippen molar-refractivity contribution >= 4 is 58.0 Å². The lowest BCUT2D eigenvalue weighted by atomic mass is 10.0. The third-order valence-corrected chi connectivity index (χ3v) is 5.95. The van der Waals surface area contributed by atoms with Gasteiger partial charge in [0.15, 0.2) is 4.33 Å². The van der Waals surface area contributed by atoms with Crippen molar-refractivity contribution in [1.29, 1.82) is 0 Å². The van der Waals surface area contributed by atoms with Crippen molar-refractivity contribution in [2.75, 3.05) is 0 Å². The van der Waals surface area contributed by atoms with Crippen LogP contribution in [-0.4, -0.2) is 3.79 Å². The predicted octanol–water partition coefficient (Wildman–Crippen LogP) is 6.26. The van der Waals surface area contributed by atoms with E-state index in [9.17, 15) is 0 Å². The van der Waals surface area contributed by atoms with Gasteiger partial charge < -0.3 is 0 Å². The van der Waals surface area contributed by atoms with Crippen molar-refractivity contribution in [3.8, 4) is 11.1 Å².